The van der Waals surface area contributed by atoms with E-state index in [1.165, 1.54) is 0 Å². The monoisotopic (exact) mass is 189 g/mol. The lowest BCUT2D eigenvalue weighted by atomic mass is 10.3. The molecule has 1 aromatic carbocycles. The largest absolute Gasteiger partial charge is 0.497 e. The maximum Gasteiger partial charge on any atom is 0.134 e. The van der Waals surface area contributed by atoms with Crippen molar-refractivity contribution in [3.8, 4) is 11.4 Å². The Balaban J connectivity index is 2.39. The van der Waals surface area contributed by atoms with Crippen molar-refractivity contribution in [2.75, 3.05) is 7.11 Å². The quantitative estimate of drug-likeness (QED) is 0.720. The normalized spacial score (nSPS) is 10.1. The number of nitrogens with zero attached hydrogens (tertiary/aromatic N) is 3. The van der Waals surface area contributed by atoms with Gasteiger partial charge in [-0.3, -0.25) is 4.57 Å². The van der Waals surface area contributed by atoms with Gasteiger partial charge in [0.05, 0.1) is 7.11 Å². The summed E-state index contributed by atoms with van der Waals surface area (Å²) in [6.07, 6.45) is 1.69. The molecule has 0 aliphatic rings. The number of benzene rings is 1. The molecule has 4 heteroatoms. The zero-order valence-electron chi connectivity index (χ0n) is 8.14. The summed E-state index contributed by atoms with van der Waals surface area (Å²) < 4.78 is 6.99. The van der Waals surface area contributed by atoms with Crippen molar-refractivity contribution in [2.45, 2.75) is 6.92 Å². The SMILES string of the molecule is COc1ccc(-n2cnnc2C)cc1. The van der Waals surface area contributed by atoms with E-state index >= 15 is 0 Å². The van der Waals surface area contributed by atoms with Crippen LogP contribution in [-0.4, -0.2) is 21.9 Å². The Kier molecular flexibility index (Phi) is 2.18. The van der Waals surface area contributed by atoms with Crippen LogP contribution in [0.15, 0.2) is 30.6 Å². The highest BCUT2D eigenvalue weighted by Crippen LogP contribution is 2.15. The second kappa shape index (κ2) is 3.49. The molecule has 0 saturated heterocycles. The zero-order chi connectivity index (χ0) is 9.97. The van der Waals surface area contributed by atoms with Crippen LogP contribution in [0.1, 0.15) is 5.82 Å². The van der Waals surface area contributed by atoms with Gasteiger partial charge in [0.25, 0.3) is 0 Å². The van der Waals surface area contributed by atoms with Crippen LogP contribution >= 0.6 is 0 Å². The van der Waals surface area contributed by atoms with Crippen LogP contribution in [0.4, 0.5) is 0 Å². The van der Waals surface area contributed by atoms with Crippen molar-refractivity contribution in [3.05, 3.63) is 36.4 Å². The molecule has 1 aromatic heterocycles. The number of hydrogen-bond donors (Lipinski definition) is 0. The van der Waals surface area contributed by atoms with E-state index in [1.807, 2.05) is 35.8 Å². The molecule has 0 N–H and O–H groups in total. The van der Waals surface area contributed by atoms with Crippen molar-refractivity contribution >= 4 is 0 Å². The highest BCUT2D eigenvalue weighted by Gasteiger charge is 2.00. The fraction of sp³-hybridized carbons (Fsp3) is 0.200. The van der Waals surface area contributed by atoms with Gasteiger partial charge in [-0.1, -0.05) is 0 Å². The second-order valence-electron chi connectivity index (χ2n) is 2.95. The van der Waals surface area contributed by atoms with Gasteiger partial charge in [-0.25, -0.2) is 0 Å². The van der Waals surface area contributed by atoms with Crippen LogP contribution in [0, 0.1) is 6.92 Å². The summed E-state index contributed by atoms with van der Waals surface area (Å²) >= 11 is 0. The Bertz CT molecular complexity index is 419. The van der Waals surface area contributed by atoms with Crippen molar-refractivity contribution in [2.24, 2.45) is 0 Å². The summed E-state index contributed by atoms with van der Waals surface area (Å²) in [6.45, 7) is 1.91. The first-order chi connectivity index (χ1) is 6.81. The topological polar surface area (TPSA) is 39.9 Å². The Morgan fingerprint density at radius 2 is 1.93 bits per heavy atom. The number of ether oxygens (including phenoxy) is 1. The van der Waals surface area contributed by atoms with Gasteiger partial charge in [0.15, 0.2) is 0 Å². The van der Waals surface area contributed by atoms with Gasteiger partial charge in [0.2, 0.25) is 0 Å². The summed E-state index contributed by atoms with van der Waals surface area (Å²) in [5, 5.41) is 7.74. The molecule has 0 spiro atoms. The van der Waals surface area contributed by atoms with Gasteiger partial charge >= 0.3 is 0 Å². The summed E-state index contributed by atoms with van der Waals surface area (Å²) in [6, 6.07) is 7.76. The van der Waals surface area contributed by atoms with Gasteiger partial charge in [-0.2, -0.15) is 0 Å². The molecule has 1 heterocycles. The highest BCUT2D eigenvalue weighted by molar-refractivity contribution is 5.37. The third-order valence-corrected chi connectivity index (χ3v) is 2.07. The molecule has 0 aliphatic heterocycles. The van der Waals surface area contributed by atoms with Crippen molar-refractivity contribution < 1.29 is 4.74 Å². The fourth-order valence-corrected chi connectivity index (χ4v) is 1.29. The van der Waals surface area contributed by atoms with Crippen LogP contribution < -0.4 is 4.74 Å². The van der Waals surface area contributed by atoms with E-state index in [-0.39, 0.29) is 0 Å². The van der Waals surface area contributed by atoms with Gasteiger partial charge in [-0.05, 0) is 31.2 Å². The highest BCUT2D eigenvalue weighted by atomic mass is 16.5. The van der Waals surface area contributed by atoms with Crippen LogP contribution in [0.5, 0.6) is 5.75 Å². The van der Waals surface area contributed by atoms with Crippen LogP contribution in [0.25, 0.3) is 5.69 Å². The lowest BCUT2D eigenvalue weighted by Gasteiger charge is -2.04. The molecule has 0 unspecified atom stereocenters. The average Bonchev–Trinajstić information content (AvgIpc) is 2.65. The van der Waals surface area contributed by atoms with E-state index < -0.39 is 0 Å². The van der Waals surface area contributed by atoms with Gasteiger partial charge in [-0.15, -0.1) is 10.2 Å². The maximum atomic E-state index is 5.08. The molecule has 0 amide bonds. The lowest BCUT2D eigenvalue weighted by Crippen LogP contribution is -1.95. The fourth-order valence-electron chi connectivity index (χ4n) is 1.29. The zero-order valence-corrected chi connectivity index (χ0v) is 8.14. The number of hydrogen-bond acceptors (Lipinski definition) is 3. The molecular weight excluding hydrogens is 178 g/mol. The number of aryl methyl sites for hydroxylation is 1. The molecule has 2 aromatic rings. The van der Waals surface area contributed by atoms with Crippen LogP contribution in [0.3, 0.4) is 0 Å². The van der Waals surface area contributed by atoms with Crippen LogP contribution in [-0.2, 0) is 0 Å². The third kappa shape index (κ3) is 1.46. The molecule has 0 fully saturated rings. The Labute approximate surface area is 82.2 Å². The molecule has 0 radical (unpaired) electrons. The minimum absolute atomic E-state index is 0.847. The molecule has 2 rings (SSSR count). The van der Waals surface area contributed by atoms with E-state index in [0.29, 0.717) is 0 Å². The Morgan fingerprint density at radius 1 is 1.21 bits per heavy atom. The van der Waals surface area contributed by atoms with Crippen LogP contribution in [0.2, 0.25) is 0 Å². The predicted molar refractivity (Wildman–Crippen MR) is 52.6 cm³/mol. The minimum atomic E-state index is 0.847. The Morgan fingerprint density at radius 3 is 2.43 bits per heavy atom. The van der Waals surface area contributed by atoms with E-state index in [2.05, 4.69) is 10.2 Å². The first-order valence-electron chi connectivity index (χ1n) is 4.32. The summed E-state index contributed by atoms with van der Waals surface area (Å²) in [5.74, 6) is 1.72. The lowest BCUT2D eigenvalue weighted by molar-refractivity contribution is 0.414. The second-order valence-corrected chi connectivity index (χ2v) is 2.95. The predicted octanol–water partition coefficient (Wildman–Crippen LogP) is 1.58. The van der Waals surface area contributed by atoms with Gasteiger partial charge < -0.3 is 4.74 Å². The van der Waals surface area contributed by atoms with Crippen molar-refractivity contribution in [1.82, 2.24) is 14.8 Å². The smallest absolute Gasteiger partial charge is 0.134 e. The maximum absolute atomic E-state index is 5.08. The van der Waals surface area contributed by atoms with E-state index in [4.69, 9.17) is 4.74 Å². The van der Waals surface area contributed by atoms with Gasteiger partial charge in [0, 0.05) is 5.69 Å². The molecule has 14 heavy (non-hydrogen) atoms. The number of methoxy groups -OCH3 is 1. The molecule has 0 aliphatic carbocycles. The average molecular weight is 189 g/mol. The minimum Gasteiger partial charge on any atom is -0.497 e. The Hall–Kier alpha value is -1.84. The molecule has 4 nitrogen and oxygen atoms in total. The molecular formula is C10H11N3O. The number of rotatable bonds is 2. The van der Waals surface area contributed by atoms with E-state index in [1.54, 1.807) is 13.4 Å². The van der Waals surface area contributed by atoms with E-state index in [0.717, 1.165) is 17.3 Å². The third-order valence-electron chi connectivity index (χ3n) is 2.07. The molecule has 0 saturated carbocycles. The molecule has 0 atom stereocenters. The standard InChI is InChI=1S/C10H11N3O/c1-8-12-11-7-13(8)9-3-5-10(14-2)6-4-9/h3-7H,1-2H3. The van der Waals surface area contributed by atoms with Crippen molar-refractivity contribution in [1.29, 1.82) is 0 Å². The van der Waals surface area contributed by atoms with Gasteiger partial charge in [0.1, 0.15) is 17.9 Å². The summed E-state index contributed by atoms with van der Waals surface area (Å²) in [5.41, 5.74) is 1.04. The van der Waals surface area contributed by atoms with Crippen molar-refractivity contribution in [3.63, 3.8) is 0 Å². The molecule has 72 valence electrons. The molecule has 0 bridgehead atoms. The number of aromatic nitrogens is 3. The summed E-state index contributed by atoms with van der Waals surface area (Å²) in [4.78, 5) is 0. The van der Waals surface area contributed by atoms with E-state index in [9.17, 15) is 0 Å². The first-order valence-corrected chi connectivity index (χ1v) is 4.32. The summed E-state index contributed by atoms with van der Waals surface area (Å²) in [7, 11) is 1.65. The first kappa shape index (κ1) is 8.74.